The van der Waals surface area contributed by atoms with Crippen LogP contribution in [0, 0.1) is 0 Å². The third-order valence-electron chi connectivity index (χ3n) is 1.38. The third kappa shape index (κ3) is 3.56. The topological polar surface area (TPSA) is 49.8 Å². The molecule has 15 heavy (non-hydrogen) atoms. The van der Waals surface area contributed by atoms with Crippen LogP contribution < -0.4 is 0 Å². The van der Waals surface area contributed by atoms with Crippen molar-refractivity contribution in [2.45, 2.75) is 6.36 Å². The van der Waals surface area contributed by atoms with Gasteiger partial charge < -0.3 is 0 Å². The van der Waals surface area contributed by atoms with E-state index in [2.05, 4.69) is 4.84 Å². The Hall–Kier alpha value is -1.60. The van der Waals surface area contributed by atoms with Crippen LogP contribution in [0.3, 0.4) is 0 Å². The van der Waals surface area contributed by atoms with Gasteiger partial charge in [-0.25, -0.2) is 0 Å². The smallest absolute Gasteiger partial charge is 0.264 e. The highest BCUT2D eigenvalue weighted by Gasteiger charge is 2.35. The average Bonchev–Trinajstić information content (AvgIpc) is 2.15. The van der Waals surface area contributed by atoms with Crippen LogP contribution in [0.5, 0.6) is 0 Å². The van der Waals surface area contributed by atoms with E-state index in [0.29, 0.717) is 0 Å². The summed E-state index contributed by atoms with van der Waals surface area (Å²) in [5.41, 5.74) is -0.121. The molecule has 1 amide bonds. The molecule has 0 saturated carbocycles. The fourth-order valence-corrected chi connectivity index (χ4v) is 0.831. The molecule has 7 heteroatoms. The molecule has 0 aliphatic rings. The molecule has 0 bridgehead atoms. The first-order valence-corrected chi connectivity index (χ1v) is 3.74. The number of hydrogen-bond acceptors (Lipinski definition) is 3. The van der Waals surface area contributed by atoms with Crippen molar-refractivity contribution in [2.75, 3.05) is 0 Å². The maximum atomic E-state index is 11.6. The van der Waals surface area contributed by atoms with Crippen LogP contribution in [0.1, 0.15) is 10.4 Å². The Balaban J connectivity index is 2.70. The summed E-state index contributed by atoms with van der Waals surface area (Å²) >= 11 is 0. The van der Waals surface area contributed by atoms with Crippen LogP contribution in [0.25, 0.3) is 0 Å². The molecule has 82 valence electrons. The highest BCUT2D eigenvalue weighted by Crippen LogP contribution is 2.18. The maximum absolute atomic E-state index is 11.6. The maximum Gasteiger partial charge on any atom is 0.546 e. The van der Waals surface area contributed by atoms with E-state index in [9.17, 15) is 18.0 Å². The Morgan fingerprint density at radius 3 is 2.27 bits per heavy atom. The minimum absolute atomic E-state index is 0.121. The van der Waals surface area contributed by atoms with Gasteiger partial charge in [0.25, 0.3) is 0 Å². The average molecular weight is 221 g/mol. The Bertz CT molecular complexity index is 339. The molecule has 0 unspecified atom stereocenters. The monoisotopic (exact) mass is 221 g/mol. The minimum Gasteiger partial charge on any atom is -0.264 e. The minimum atomic E-state index is -5.11. The van der Waals surface area contributed by atoms with Gasteiger partial charge in [0.05, 0.1) is 0 Å². The first-order chi connectivity index (χ1) is 6.90. The molecule has 0 aliphatic heterocycles. The normalized spacial score (nSPS) is 11.2. The lowest BCUT2D eigenvalue weighted by Gasteiger charge is -2.15. The highest BCUT2D eigenvalue weighted by atomic mass is 19.4. The molecule has 1 aromatic carbocycles. The molecule has 0 radical (unpaired) electrons. The SMILES string of the molecule is O=C(c1ccccc1)N(O)OC(F)(F)F. The van der Waals surface area contributed by atoms with Crippen LogP contribution in [0.4, 0.5) is 13.2 Å². The second-order valence-electron chi connectivity index (χ2n) is 2.48. The number of benzene rings is 1. The van der Waals surface area contributed by atoms with E-state index in [1.165, 1.54) is 24.3 Å². The lowest BCUT2D eigenvalue weighted by atomic mass is 10.2. The number of carbonyl (C=O) groups is 1. The van der Waals surface area contributed by atoms with Crippen molar-refractivity contribution in [2.24, 2.45) is 0 Å². The largest absolute Gasteiger partial charge is 0.546 e. The number of amides is 1. The standard InChI is InChI=1S/C8H6F3NO3/c9-8(10,11)15-12(14)7(13)6-4-2-1-3-5-6/h1-5,14H. The summed E-state index contributed by atoms with van der Waals surface area (Å²) in [5, 5.41) is 7.80. The fraction of sp³-hybridized carbons (Fsp3) is 0.125. The van der Waals surface area contributed by atoms with Crippen molar-refractivity contribution in [3.8, 4) is 0 Å². The van der Waals surface area contributed by atoms with Crippen LogP contribution >= 0.6 is 0 Å². The number of alkyl halides is 3. The first kappa shape index (κ1) is 11.5. The van der Waals surface area contributed by atoms with Crippen LogP contribution in [-0.4, -0.2) is 22.7 Å². The molecular weight excluding hydrogens is 215 g/mol. The molecular formula is C8H6F3NO3. The second kappa shape index (κ2) is 4.28. The van der Waals surface area contributed by atoms with Gasteiger partial charge in [-0.1, -0.05) is 23.4 Å². The van der Waals surface area contributed by atoms with E-state index in [4.69, 9.17) is 5.21 Å². The van der Waals surface area contributed by atoms with E-state index < -0.39 is 17.5 Å². The molecule has 0 atom stereocenters. The van der Waals surface area contributed by atoms with Crippen LogP contribution in [0.15, 0.2) is 30.3 Å². The molecule has 1 N–H and O–H groups in total. The highest BCUT2D eigenvalue weighted by molar-refractivity contribution is 5.92. The number of carbonyl (C=O) groups excluding carboxylic acids is 1. The molecule has 0 spiro atoms. The molecule has 4 nitrogen and oxygen atoms in total. The van der Waals surface area contributed by atoms with E-state index >= 15 is 0 Å². The van der Waals surface area contributed by atoms with Crippen molar-refractivity contribution >= 4 is 5.91 Å². The number of rotatable bonds is 2. The van der Waals surface area contributed by atoms with E-state index in [-0.39, 0.29) is 5.56 Å². The zero-order chi connectivity index (χ0) is 11.5. The summed E-state index contributed by atoms with van der Waals surface area (Å²) in [5.74, 6) is -1.30. The van der Waals surface area contributed by atoms with E-state index in [1.807, 2.05) is 0 Å². The number of hydrogen-bond donors (Lipinski definition) is 1. The molecule has 0 aromatic heterocycles. The lowest BCUT2D eigenvalue weighted by Crippen LogP contribution is -2.33. The van der Waals surface area contributed by atoms with E-state index in [0.717, 1.165) is 0 Å². The van der Waals surface area contributed by atoms with Gasteiger partial charge in [0, 0.05) is 5.56 Å². The van der Waals surface area contributed by atoms with Gasteiger partial charge in [0.1, 0.15) is 0 Å². The summed E-state index contributed by atoms with van der Waals surface area (Å²) in [6, 6.07) is 6.93. The predicted molar refractivity (Wildman–Crippen MR) is 41.5 cm³/mol. The van der Waals surface area contributed by atoms with Crippen molar-refractivity contribution < 1.29 is 28.0 Å². The quantitative estimate of drug-likeness (QED) is 0.613. The zero-order valence-corrected chi connectivity index (χ0v) is 7.23. The molecule has 1 aromatic rings. The van der Waals surface area contributed by atoms with Gasteiger partial charge >= 0.3 is 12.3 Å². The van der Waals surface area contributed by atoms with Gasteiger partial charge in [-0.15, -0.1) is 18.0 Å². The third-order valence-corrected chi connectivity index (χ3v) is 1.38. The Morgan fingerprint density at radius 1 is 1.27 bits per heavy atom. The summed E-state index contributed by atoms with van der Waals surface area (Å²) in [6.07, 6.45) is -5.11. The molecule has 0 aliphatic carbocycles. The fourth-order valence-electron chi connectivity index (χ4n) is 0.831. The molecule has 0 fully saturated rings. The molecule has 0 saturated heterocycles. The Morgan fingerprint density at radius 2 is 1.80 bits per heavy atom. The van der Waals surface area contributed by atoms with Gasteiger partial charge in [0.15, 0.2) is 0 Å². The molecule has 1 rings (SSSR count). The van der Waals surface area contributed by atoms with Crippen molar-refractivity contribution in [1.82, 2.24) is 5.23 Å². The van der Waals surface area contributed by atoms with Gasteiger partial charge in [-0.05, 0) is 12.1 Å². The van der Waals surface area contributed by atoms with Crippen LogP contribution in [0.2, 0.25) is 0 Å². The van der Waals surface area contributed by atoms with Gasteiger partial charge in [-0.2, -0.15) is 0 Å². The zero-order valence-electron chi connectivity index (χ0n) is 7.23. The number of halogens is 3. The summed E-state index contributed by atoms with van der Waals surface area (Å²) in [4.78, 5) is 14.1. The van der Waals surface area contributed by atoms with Crippen molar-refractivity contribution in [3.63, 3.8) is 0 Å². The summed E-state index contributed by atoms with van der Waals surface area (Å²) in [7, 11) is 0. The number of hydroxylamine groups is 2. The summed E-state index contributed by atoms with van der Waals surface area (Å²) in [6.45, 7) is 0. The van der Waals surface area contributed by atoms with Crippen molar-refractivity contribution in [1.29, 1.82) is 0 Å². The second-order valence-corrected chi connectivity index (χ2v) is 2.48. The number of nitrogens with zero attached hydrogens (tertiary/aromatic N) is 1. The molecule has 0 heterocycles. The Kier molecular flexibility index (Phi) is 3.28. The predicted octanol–water partition coefficient (Wildman–Crippen LogP) is 1.97. The summed E-state index contributed by atoms with van der Waals surface area (Å²) < 4.78 is 34.8. The van der Waals surface area contributed by atoms with Crippen molar-refractivity contribution in [3.05, 3.63) is 35.9 Å². The van der Waals surface area contributed by atoms with Gasteiger partial charge in [-0.3, -0.25) is 10.0 Å². The van der Waals surface area contributed by atoms with Gasteiger partial charge in [0.2, 0.25) is 0 Å². The van der Waals surface area contributed by atoms with Crippen LogP contribution in [-0.2, 0) is 4.84 Å². The van der Waals surface area contributed by atoms with E-state index in [1.54, 1.807) is 6.07 Å². The lowest BCUT2D eigenvalue weighted by molar-refractivity contribution is -0.461. The first-order valence-electron chi connectivity index (χ1n) is 3.74. The Labute approximate surface area is 82.4 Å².